The molecule has 1 aliphatic carbocycles. The summed E-state index contributed by atoms with van der Waals surface area (Å²) in [6.07, 6.45) is 2.57. The molecule has 0 aromatic heterocycles. The fraction of sp³-hybridized carbons (Fsp3) is 0.417. The maximum atomic E-state index is 13.6. The highest BCUT2D eigenvalue weighted by atomic mass is 79.9. The molecule has 0 amide bonds. The van der Waals surface area contributed by atoms with Gasteiger partial charge in [0.2, 0.25) is 0 Å². The van der Waals surface area contributed by atoms with Crippen LogP contribution in [0.2, 0.25) is 0 Å². The Kier molecular flexibility index (Phi) is 3.63. The molecule has 1 fully saturated rings. The maximum absolute atomic E-state index is 13.6. The van der Waals surface area contributed by atoms with Crippen LogP contribution in [0.4, 0.5) is 14.5 Å². The van der Waals surface area contributed by atoms with Crippen molar-refractivity contribution < 1.29 is 8.78 Å². The number of nitriles is 1. The molecule has 2 atom stereocenters. The number of anilines is 1. The fourth-order valence-corrected chi connectivity index (χ4v) is 2.44. The molecule has 2 rings (SSSR count). The maximum Gasteiger partial charge on any atom is 0.147 e. The van der Waals surface area contributed by atoms with Gasteiger partial charge < -0.3 is 5.32 Å². The quantitative estimate of drug-likeness (QED) is 0.843. The van der Waals surface area contributed by atoms with E-state index in [0.717, 1.165) is 31.4 Å². The van der Waals surface area contributed by atoms with E-state index in [1.54, 1.807) is 0 Å². The third-order valence-corrected chi connectivity index (χ3v) is 3.64. The Balaban J connectivity index is 2.19. The first-order chi connectivity index (χ1) is 8.11. The molecular weight excluding hydrogens is 290 g/mol. The monoisotopic (exact) mass is 300 g/mol. The Hall–Kier alpha value is -1.15. The summed E-state index contributed by atoms with van der Waals surface area (Å²) in [4.78, 5) is 0. The predicted molar refractivity (Wildman–Crippen MR) is 64.4 cm³/mol. The number of halogens is 3. The molecule has 1 saturated carbocycles. The van der Waals surface area contributed by atoms with E-state index < -0.39 is 11.6 Å². The summed E-state index contributed by atoms with van der Waals surface area (Å²) in [6.45, 7) is 0. The largest absolute Gasteiger partial charge is 0.379 e. The Morgan fingerprint density at radius 3 is 2.76 bits per heavy atom. The molecule has 17 heavy (non-hydrogen) atoms. The number of nitrogens with zero attached hydrogens (tertiary/aromatic N) is 1. The third kappa shape index (κ3) is 2.58. The predicted octanol–water partition coefficient (Wildman–Crippen LogP) is 3.83. The van der Waals surface area contributed by atoms with Gasteiger partial charge in [0, 0.05) is 12.1 Å². The summed E-state index contributed by atoms with van der Waals surface area (Å²) in [5.41, 5.74) is 0.123. The minimum absolute atomic E-state index is 0.0879. The smallest absolute Gasteiger partial charge is 0.147 e. The lowest BCUT2D eigenvalue weighted by atomic mass is 10.1. The SMILES string of the molecule is N#CC1CCCC1Nc1cc(F)c(Br)cc1F. The van der Waals surface area contributed by atoms with Crippen LogP contribution in [0.25, 0.3) is 0 Å². The van der Waals surface area contributed by atoms with E-state index in [1.165, 1.54) is 0 Å². The van der Waals surface area contributed by atoms with E-state index in [-0.39, 0.29) is 22.1 Å². The Bertz CT molecular complexity index is 470. The number of nitrogens with one attached hydrogen (secondary N) is 1. The van der Waals surface area contributed by atoms with Crippen LogP contribution in [-0.4, -0.2) is 6.04 Å². The molecule has 1 N–H and O–H groups in total. The van der Waals surface area contributed by atoms with Crippen molar-refractivity contribution in [2.24, 2.45) is 5.92 Å². The topological polar surface area (TPSA) is 35.8 Å². The fourth-order valence-electron chi connectivity index (χ4n) is 2.12. The average molecular weight is 301 g/mol. The van der Waals surface area contributed by atoms with Gasteiger partial charge >= 0.3 is 0 Å². The first-order valence-electron chi connectivity index (χ1n) is 5.42. The number of hydrogen-bond acceptors (Lipinski definition) is 2. The Labute approximate surface area is 107 Å². The molecule has 0 radical (unpaired) electrons. The highest BCUT2D eigenvalue weighted by molar-refractivity contribution is 9.10. The molecule has 0 bridgehead atoms. The average Bonchev–Trinajstić information content (AvgIpc) is 2.73. The van der Waals surface area contributed by atoms with Crippen LogP contribution in [-0.2, 0) is 0 Å². The second-order valence-corrected chi connectivity index (χ2v) is 5.02. The van der Waals surface area contributed by atoms with Gasteiger partial charge in [0.05, 0.1) is 22.1 Å². The van der Waals surface area contributed by atoms with Crippen LogP contribution in [0.5, 0.6) is 0 Å². The summed E-state index contributed by atoms with van der Waals surface area (Å²) in [7, 11) is 0. The molecular formula is C12H11BrF2N2. The highest BCUT2D eigenvalue weighted by Crippen LogP contribution is 2.30. The van der Waals surface area contributed by atoms with Crippen LogP contribution in [0.3, 0.4) is 0 Å². The number of hydrogen-bond donors (Lipinski definition) is 1. The van der Waals surface area contributed by atoms with Crippen molar-refractivity contribution in [2.45, 2.75) is 25.3 Å². The number of benzene rings is 1. The van der Waals surface area contributed by atoms with E-state index >= 15 is 0 Å². The highest BCUT2D eigenvalue weighted by Gasteiger charge is 2.27. The molecule has 1 aliphatic rings. The zero-order chi connectivity index (χ0) is 12.4. The van der Waals surface area contributed by atoms with Crippen molar-refractivity contribution in [1.82, 2.24) is 0 Å². The molecule has 0 aliphatic heterocycles. The van der Waals surface area contributed by atoms with Gasteiger partial charge in [0.1, 0.15) is 11.6 Å². The first kappa shape index (κ1) is 12.3. The molecule has 2 nitrogen and oxygen atoms in total. The zero-order valence-electron chi connectivity index (χ0n) is 9.01. The molecule has 0 saturated heterocycles. The van der Waals surface area contributed by atoms with Gasteiger partial charge in [0.25, 0.3) is 0 Å². The minimum atomic E-state index is -0.514. The zero-order valence-corrected chi connectivity index (χ0v) is 10.6. The van der Waals surface area contributed by atoms with Gasteiger partial charge in [-0.25, -0.2) is 8.78 Å². The second kappa shape index (κ2) is 5.01. The van der Waals surface area contributed by atoms with E-state index in [2.05, 4.69) is 27.3 Å². The first-order valence-corrected chi connectivity index (χ1v) is 6.22. The summed E-state index contributed by atoms with van der Waals surface area (Å²) in [6, 6.07) is 4.31. The lowest BCUT2D eigenvalue weighted by Crippen LogP contribution is -2.23. The van der Waals surface area contributed by atoms with E-state index in [9.17, 15) is 8.78 Å². The molecule has 2 unspecified atom stereocenters. The van der Waals surface area contributed by atoms with Crippen LogP contribution in [0, 0.1) is 28.9 Å². The Morgan fingerprint density at radius 2 is 2.06 bits per heavy atom. The second-order valence-electron chi connectivity index (χ2n) is 4.16. The van der Waals surface area contributed by atoms with Gasteiger partial charge in [-0.3, -0.25) is 0 Å². The van der Waals surface area contributed by atoms with E-state index in [4.69, 9.17) is 5.26 Å². The Morgan fingerprint density at radius 1 is 1.29 bits per heavy atom. The molecule has 5 heteroatoms. The van der Waals surface area contributed by atoms with Crippen molar-refractivity contribution >= 4 is 21.6 Å². The summed E-state index contributed by atoms with van der Waals surface area (Å²) in [5.74, 6) is -1.15. The van der Waals surface area contributed by atoms with Gasteiger partial charge in [-0.2, -0.15) is 5.26 Å². The van der Waals surface area contributed by atoms with Gasteiger partial charge in [0.15, 0.2) is 0 Å². The van der Waals surface area contributed by atoms with Crippen molar-refractivity contribution in [2.75, 3.05) is 5.32 Å². The van der Waals surface area contributed by atoms with Gasteiger partial charge in [-0.05, 0) is 41.3 Å². The van der Waals surface area contributed by atoms with Crippen molar-refractivity contribution in [3.8, 4) is 6.07 Å². The molecule has 0 spiro atoms. The van der Waals surface area contributed by atoms with Crippen molar-refractivity contribution in [3.05, 3.63) is 28.2 Å². The van der Waals surface area contributed by atoms with Crippen molar-refractivity contribution in [1.29, 1.82) is 5.26 Å². The lowest BCUT2D eigenvalue weighted by Gasteiger charge is -2.17. The van der Waals surface area contributed by atoms with E-state index in [0.29, 0.717) is 0 Å². The number of rotatable bonds is 2. The standard InChI is InChI=1S/C12H11BrF2N2/c13-8-4-10(15)12(5-9(8)14)17-11-3-1-2-7(11)6-16/h4-5,7,11,17H,1-3H2. The van der Waals surface area contributed by atoms with Gasteiger partial charge in [-0.15, -0.1) is 0 Å². The lowest BCUT2D eigenvalue weighted by molar-refractivity contribution is 0.584. The van der Waals surface area contributed by atoms with Crippen LogP contribution in [0.1, 0.15) is 19.3 Å². The summed E-state index contributed by atoms with van der Waals surface area (Å²) < 4.78 is 27.0. The molecule has 0 heterocycles. The molecule has 90 valence electrons. The van der Waals surface area contributed by atoms with Gasteiger partial charge in [-0.1, -0.05) is 0 Å². The molecule has 1 aromatic carbocycles. The summed E-state index contributed by atoms with van der Waals surface area (Å²) in [5, 5.41) is 11.8. The third-order valence-electron chi connectivity index (χ3n) is 3.03. The van der Waals surface area contributed by atoms with Crippen LogP contribution < -0.4 is 5.32 Å². The normalized spacial score (nSPS) is 23.4. The summed E-state index contributed by atoms with van der Waals surface area (Å²) >= 11 is 2.92. The molecule has 1 aromatic rings. The van der Waals surface area contributed by atoms with Crippen LogP contribution in [0.15, 0.2) is 16.6 Å². The van der Waals surface area contributed by atoms with Crippen molar-refractivity contribution in [3.63, 3.8) is 0 Å². The van der Waals surface area contributed by atoms with Crippen LogP contribution >= 0.6 is 15.9 Å². The van der Waals surface area contributed by atoms with E-state index in [1.807, 2.05) is 0 Å². The minimum Gasteiger partial charge on any atom is -0.379 e.